The first kappa shape index (κ1) is 9.19. The number of amides is 1. The van der Waals surface area contributed by atoms with Crippen LogP contribution in [0.15, 0.2) is 18.2 Å². The largest absolute Gasteiger partial charge is 0.326 e. The molecule has 0 aliphatic carbocycles. The number of carbonyl (C=O) groups is 1. The molecule has 1 atom stereocenters. The van der Waals surface area contributed by atoms with Crippen molar-refractivity contribution in [2.75, 3.05) is 5.32 Å². The van der Waals surface area contributed by atoms with Gasteiger partial charge in [-0.2, -0.15) is 0 Å². The van der Waals surface area contributed by atoms with E-state index in [1.165, 1.54) is 12.1 Å². The molecule has 2 rings (SSSR count). The van der Waals surface area contributed by atoms with Gasteiger partial charge < -0.3 is 5.32 Å². The summed E-state index contributed by atoms with van der Waals surface area (Å²) in [4.78, 5) is 11.3. The van der Waals surface area contributed by atoms with Gasteiger partial charge in [0.25, 0.3) is 0 Å². The average Bonchev–Trinajstić information content (AvgIpc) is 2.15. The normalized spacial score (nSPS) is 20.1. The standard InChI is InChI=1S/C11H12FNO/c1-2-7-5-11(14)13-10-6-8(12)3-4-9(7)10/h3-4,6-7H,2,5H2,1H3,(H,13,14). The number of hydrogen-bond acceptors (Lipinski definition) is 1. The molecule has 1 heterocycles. The van der Waals surface area contributed by atoms with Crippen molar-refractivity contribution in [3.05, 3.63) is 29.6 Å². The molecule has 0 spiro atoms. The van der Waals surface area contributed by atoms with Crippen molar-refractivity contribution in [1.29, 1.82) is 0 Å². The maximum absolute atomic E-state index is 12.9. The minimum atomic E-state index is -0.305. The Hall–Kier alpha value is -1.38. The van der Waals surface area contributed by atoms with E-state index >= 15 is 0 Å². The minimum absolute atomic E-state index is 0.0186. The van der Waals surface area contributed by atoms with E-state index in [1.54, 1.807) is 6.07 Å². The van der Waals surface area contributed by atoms with Gasteiger partial charge in [-0.15, -0.1) is 0 Å². The summed E-state index contributed by atoms with van der Waals surface area (Å²) in [7, 11) is 0. The van der Waals surface area contributed by atoms with Crippen molar-refractivity contribution in [2.45, 2.75) is 25.7 Å². The Morgan fingerprint density at radius 1 is 1.57 bits per heavy atom. The number of benzene rings is 1. The quantitative estimate of drug-likeness (QED) is 0.729. The van der Waals surface area contributed by atoms with Crippen LogP contribution in [0.4, 0.5) is 10.1 Å². The molecule has 1 unspecified atom stereocenters. The van der Waals surface area contributed by atoms with Crippen LogP contribution in [0.5, 0.6) is 0 Å². The van der Waals surface area contributed by atoms with Crippen molar-refractivity contribution in [3.8, 4) is 0 Å². The topological polar surface area (TPSA) is 29.1 Å². The molecule has 0 fully saturated rings. The summed E-state index contributed by atoms with van der Waals surface area (Å²) in [5.41, 5.74) is 1.68. The Morgan fingerprint density at radius 3 is 3.07 bits per heavy atom. The molecular weight excluding hydrogens is 181 g/mol. The number of rotatable bonds is 1. The lowest BCUT2D eigenvalue weighted by atomic mass is 9.88. The predicted octanol–water partition coefficient (Wildman–Crippen LogP) is 2.66. The van der Waals surface area contributed by atoms with Gasteiger partial charge in [-0.05, 0) is 30.0 Å². The zero-order chi connectivity index (χ0) is 10.1. The maximum atomic E-state index is 12.9. The third kappa shape index (κ3) is 1.50. The van der Waals surface area contributed by atoms with Gasteiger partial charge in [-0.1, -0.05) is 13.0 Å². The van der Waals surface area contributed by atoms with Crippen molar-refractivity contribution >= 4 is 11.6 Å². The van der Waals surface area contributed by atoms with E-state index in [9.17, 15) is 9.18 Å². The highest BCUT2D eigenvalue weighted by atomic mass is 19.1. The van der Waals surface area contributed by atoms with Gasteiger partial charge in [0.1, 0.15) is 5.82 Å². The van der Waals surface area contributed by atoms with Crippen molar-refractivity contribution in [3.63, 3.8) is 0 Å². The first-order valence-electron chi connectivity index (χ1n) is 4.80. The Bertz CT molecular complexity index is 376. The molecule has 74 valence electrons. The first-order chi connectivity index (χ1) is 6.70. The molecule has 0 radical (unpaired) electrons. The molecule has 1 amide bonds. The summed E-state index contributed by atoms with van der Waals surface area (Å²) < 4.78 is 12.9. The van der Waals surface area contributed by atoms with Crippen LogP contribution in [0.25, 0.3) is 0 Å². The second-order valence-electron chi connectivity index (χ2n) is 3.59. The summed E-state index contributed by atoms with van der Waals surface area (Å²) in [6.07, 6.45) is 1.42. The molecule has 1 aromatic carbocycles. The summed E-state index contributed by atoms with van der Waals surface area (Å²) in [6.45, 7) is 2.04. The highest BCUT2D eigenvalue weighted by Gasteiger charge is 2.23. The number of halogens is 1. The fourth-order valence-electron chi connectivity index (χ4n) is 1.89. The van der Waals surface area contributed by atoms with E-state index in [4.69, 9.17) is 0 Å². The van der Waals surface area contributed by atoms with E-state index in [0.717, 1.165) is 12.0 Å². The van der Waals surface area contributed by atoms with E-state index in [1.807, 2.05) is 6.92 Å². The summed E-state index contributed by atoms with van der Waals surface area (Å²) in [6, 6.07) is 4.59. The van der Waals surface area contributed by atoms with Crippen LogP contribution in [0, 0.1) is 5.82 Å². The molecule has 0 bridgehead atoms. The van der Waals surface area contributed by atoms with Gasteiger partial charge >= 0.3 is 0 Å². The van der Waals surface area contributed by atoms with Gasteiger partial charge in [0.05, 0.1) is 0 Å². The number of anilines is 1. The Morgan fingerprint density at radius 2 is 2.36 bits per heavy atom. The minimum Gasteiger partial charge on any atom is -0.326 e. The number of hydrogen-bond donors (Lipinski definition) is 1. The lowest BCUT2D eigenvalue weighted by Gasteiger charge is -2.24. The van der Waals surface area contributed by atoms with Crippen molar-refractivity contribution in [1.82, 2.24) is 0 Å². The van der Waals surface area contributed by atoms with Crippen LogP contribution in [-0.4, -0.2) is 5.91 Å². The van der Waals surface area contributed by atoms with Gasteiger partial charge in [0, 0.05) is 12.1 Å². The average molecular weight is 193 g/mol. The van der Waals surface area contributed by atoms with E-state index in [-0.39, 0.29) is 17.6 Å². The fourth-order valence-corrected chi connectivity index (χ4v) is 1.89. The molecule has 3 heteroatoms. The van der Waals surface area contributed by atoms with Gasteiger partial charge in [-0.3, -0.25) is 4.79 Å². The summed E-state index contributed by atoms with van der Waals surface area (Å²) in [5, 5.41) is 2.69. The molecular formula is C11H12FNO. The zero-order valence-corrected chi connectivity index (χ0v) is 8.01. The van der Waals surface area contributed by atoms with Crippen LogP contribution in [0.2, 0.25) is 0 Å². The Balaban J connectivity index is 2.45. The lowest BCUT2D eigenvalue weighted by molar-refractivity contribution is -0.116. The Kier molecular flexibility index (Phi) is 2.23. The molecule has 0 saturated carbocycles. The number of carbonyl (C=O) groups excluding carboxylic acids is 1. The predicted molar refractivity (Wildman–Crippen MR) is 52.7 cm³/mol. The maximum Gasteiger partial charge on any atom is 0.224 e. The SMILES string of the molecule is CCC1CC(=O)Nc2cc(F)ccc21. The van der Waals surface area contributed by atoms with E-state index in [2.05, 4.69) is 5.32 Å². The van der Waals surface area contributed by atoms with Gasteiger partial charge in [0.15, 0.2) is 0 Å². The zero-order valence-electron chi connectivity index (χ0n) is 8.01. The van der Waals surface area contributed by atoms with Crippen molar-refractivity contribution < 1.29 is 9.18 Å². The molecule has 0 saturated heterocycles. The number of nitrogens with one attached hydrogen (secondary N) is 1. The second-order valence-corrected chi connectivity index (χ2v) is 3.59. The molecule has 2 nitrogen and oxygen atoms in total. The second kappa shape index (κ2) is 3.40. The molecule has 1 aliphatic rings. The monoisotopic (exact) mass is 193 g/mol. The number of fused-ring (bicyclic) bond motifs is 1. The molecule has 0 aromatic heterocycles. The van der Waals surface area contributed by atoms with Crippen LogP contribution >= 0.6 is 0 Å². The molecule has 1 aromatic rings. The third-order valence-corrected chi connectivity index (χ3v) is 2.65. The van der Waals surface area contributed by atoms with Crippen LogP contribution < -0.4 is 5.32 Å². The van der Waals surface area contributed by atoms with Crippen LogP contribution in [-0.2, 0) is 4.79 Å². The van der Waals surface area contributed by atoms with E-state index < -0.39 is 0 Å². The van der Waals surface area contributed by atoms with Crippen molar-refractivity contribution in [2.24, 2.45) is 0 Å². The Labute approximate surface area is 82.1 Å². The molecule has 14 heavy (non-hydrogen) atoms. The summed E-state index contributed by atoms with van der Waals surface area (Å²) in [5.74, 6) is -0.0879. The highest BCUT2D eigenvalue weighted by molar-refractivity contribution is 5.94. The van der Waals surface area contributed by atoms with Gasteiger partial charge in [-0.25, -0.2) is 4.39 Å². The third-order valence-electron chi connectivity index (χ3n) is 2.65. The van der Waals surface area contributed by atoms with Crippen LogP contribution in [0.1, 0.15) is 31.2 Å². The smallest absolute Gasteiger partial charge is 0.224 e. The fraction of sp³-hybridized carbons (Fsp3) is 0.364. The molecule has 1 aliphatic heterocycles. The van der Waals surface area contributed by atoms with Gasteiger partial charge in [0.2, 0.25) is 5.91 Å². The first-order valence-corrected chi connectivity index (χ1v) is 4.80. The van der Waals surface area contributed by atoms with E-state index in [0.29, 0.717) is 12.1 Å². The summed E-state index contributed by atoms with van der Waals surface area (Å²) >= 11 is 0. The molecule has 1 N–H and O–H groups in total. The van der Waals surface area contributed by atoms with Crippen LogP contribution in [0.3, 0.4) is 0 Å². The highest BCUT2D eigenvalue weighted by Crippen LogP contribution is 2.34. The lowest BCUT2D eigenvalue weighted by Crippen LogP contribution is -2.22.